The van der Waals surface area contributed by atoms with Crippen molar-refractivity contribution in [2.24, 2.45) is 0 Å². The van der Waals surface area contributed by atoms with E-state index in [9.17, 15) is 0 Å². The molecule has 1 aromatic carbocycles. The van der Waals surface area contributed by atoms with E-state index in [1.54, 1.807) is 12.1 Å². The molecule has 0 saturated heterocycles. The standard InChI is InChI=1S/C9H10O.Ba.2H/c1-2-3-8-4-6-9(10)7-5-8;;;/h2,4-7,10H,1,3H2;;;/q;+2;2*-1. The van der Waals surface area contributed by atoms with E-state index in [0.29, 0.717) is 5.75 Å². The van der Waals surface area contributed by atoms with E-state index >= 15 is 0 Å². The Labute approximate surface area is 110 Å². The molecule has 0 aromatic heterocycles. The predicted molar refractivity (Wildman–Crippen MR) is 50.0 cm³/mol. The number of hydrogen-bond acceptors (Lipinski definition) is 1. The molecular formula is C9H12BaO. The molecule has 0 bridgehead atoms. The number of phenols is 1. The van der Waals surface area contributed by atoms with Gasteiger partial charge in [-0.25, -0.2) is 0 Å². The van der Waals surface area contributed by atoms with Crippen molar-refractivity contribution >= 4 is 48.9 Å². The Morgan fingerprint density at radius 2 is 1.91 bits per heavy atom. The fourth-order valence-corrected chi connectivity index (χ4v) is 0.799. The third-order valence-electron chi connectivity index (χ3n) is 1.32. The topological polar surface area (TPSA) is 20.2 Å². The summed E-state index contributed by atoms with van der Waals surface area (Å²) in [5.41, 5.74) is 1.17. The fraction of sp³-hybridized carbons (Fsp3) is 0.111. The van der Waals surface area contributed by atoms with E-state index in [2.05, 4.69) is 6.58 Å². The Balaban J connectivity index is -0.000000333. The van der Waals surface area contributed by atoms with Crippen LogP contribution in [0.4, 0.5) is 0 Å². The minimum atomic E-state index is 0. The number of rotatable bonds is 2. The Morgan fingerprint density at radius 1 is 1.36 bits per heavy atom. The summed E-state index contributed by atoms with van der Waals surface area (Å²) >= 11 is 0. The maximum Gasteiger partial charge on any atom is 2.00 e. The third kappa shape index (κ3) is 4.04. The first-order valence-corrected chi connectivity index (χ1v) is 3.22. The molecule has 0 radical (unpaired) electrons. The van der Waals surface area contributed by atoms with Crippen LogP contribution in [-0.2, 0) is 6.42 Å². The summed E-state index contributed by atoms with van der Waals surface area (Å²) < 4.78 is 0. The maximum absolute atomic E-state index is 8.90. The van der Waals surface area contributed by atoms with Gasteiger partial charge in [-0.3, -0.25) is 0 Å². The largest absolute Gasteiger partial charge is 2.00 e. The van der Waals surface area contributed by atoms with Crippen LogP contribution in [0.5, 0.6) is 5.75 Å². The first kappa shape index (κ1) is 11.3. The van der Waals surface area contributed by atoms with E-state index in [4.69, 9.17) is 5.11 Å². The normalized spacial score (nSPS) is 8.36. The molecule has 0 unspecified atom stereocenters. The summed E-state index contributed by atoms with van der Waals surface area (Å²) in [6.45, 7) is 3.62. The zero-order chi connectivity index (χ0) is 7.40. The van der Waals surface area contributed by atoms with Crippen LogP contribution in [0.3, 0.4) is 0 Å². The number of benzene rings is 1. The van der Waals surface area contributed by atoms with Gasteiger partial charge in [0, 0.05) is 0 Å². The average Bonchev–Trinajstić information content (AvgIpc) is 1.95. The second-order valence-electron chi connectivity index (χ2n) is 2.16. The van der Waals surface area contributed by atoms with Gasteiger partial charge in [0.15, 0.2) is 0 Å². The van der Waals surface area contributed by atoms with Crippen LogP contribution in [-0.4, -0.2) is 54.0 Å². The van der Waals surface area contributed by atoms with Gasteiger partial charge < -0.3 is 7.96 Å². The van der Waals surface area contributed by atoms with E-state index in [-0.39, 0.29) is 51.7 Å². The van der Waals surface area contributed by atoms with Gasteiger partial charge in [0.2, 0.25) is 0 Å². The van der Waals surface area contributed by atoms with Gasteiger partial charge in [0.05, 0.1) is 0 Å². The van der Waals surface area contributed by atoms with E-state index in [0.717, 1.165) is 6.42 Å². The zero-order valence-corrected chi connectivity index (χ0v) is 10.9. The van der Waals surface area contributed by atoms with Crippen molar-refractivity contribution in [3.63, 3.8) is 0 Å². The third-order valence-corrected chi connectivity index (χ3v) is 1.32. The first-order chi connectivity index (χ1) is 4.83. The SMILES string of the molecule is C=CCc1ccc(O)cc1.[Ba+2].[H-].[H-]. The number of allylic oxidation sites excluding steroid dienone is 1. The van der Waals surface area contributed by atoms with Crippen molar-refractivity contribution in [3.05, 3.63) is 42.5 Å². The molecule has 1 aromatic rings. The summed E-state index contributed by atoms with van der Waals surface area (Å²) in [6.07, 6.45) is 2.70. The van der Waals surface area contributed by atoms with E-state index in [1.807, 2.05) is 18.2 Å². The quantitative estimate of drug-likeness (QED) is 0.645. The average molecular weight is 274 g/mol. The molecule has 56 valence electrons. The van der Waals surface area contributed by atoms with Crippen molar-refractivity contribution < 1.29 is 7.96 Å². The second kappa shape index (κ2) is 5.92. The van der Waals surface area contributed by atoms with Gasteiger partial charge >= 0.3 is 48.9 Å². The van der Waals surface area contributed by atoms with Gasteiger partial charge in [-0.2, -0.15) is 0 Å². The predicted octanol–water partition coefficient (Wildman–Crippen LogP) is 1.96. The number of aromatic hydroxyl groups is 1. The Morgan fingerprint density at radius 3 is 2.36 bits per heavy atom. The molecule has 1 nitrogen and oxygen atoms in total. The second-order valence-corrected chi connectivity index (χ2v) is 2.16. The van der Waals surface area contributed by atoms with Gasteiger partial charge in [0.1, 0.15) is 5.75 Å². The van der Waals surface area contributed by atoms with Crippen LogP contribution in [0.1, 0.15) is 8.42 Å². The zero-order valence-electron chi connectivity index (χ0n) is 8.46. The molecule has 0 heterocycles. The van der Waals surface area contributed by atoms with Crippen LogP contribution < -0.4 is 0 Å². The summed E-state index contributed by atoms with van der Waals surface area (Å²) in [4.78, 5) is 0. The van der Waals surface area contributed by atoms with Crippen LogP contribution in [0, 0.1) is 0 Å². The molecule has 11 heavy (non-hydrogen) atoms. The van der Waals surface area contributed by atoms with Crippen molar-refractivity contribution in [2.45, 2.75) is 6.42 Å². The van der Waals surface area contributed by atoms with E-state index < -0.39 is 0 Å². The Bertz CT molecular complexity index is 224. The molecule has 1 N–H and O–H groups in total. The monoisotopic (exact) mass is 274 g/mol. The molecule has 0 aliphatic carbocycles. The molecule has 0 atom stereocenters. The minimum Gasteiger partial charge on any atom is -1.00 e. The maximum atomic E-state index is 8.90. The summed E-state index contributed by atoms with van der Waals surface area (Å²) in [5.74, 6) is 0.313. The molecule has 2 heteroatoms. The van der Waals surface area contributed by atoms with Crippen LogP contribution in [0.15, 0.2) is 36.9 Å². The minimum absolute atomic E-state index is 0. The van der Waals surface area contributed by atoms with Crippen molar-refractivity contribution in [1.29, 1.82) is 0 Å². The molecule has 0 aliphatic rings. The molecule has 0 amide bonds. The van der Waals surface area contributed by atoms with Crippen LogP contribution in [0.25, 0.3) is 0 Å². The van der Waals surface area contributed by atoms with Crippen LogP contribution >= 0.6 is 0 Å². The summed E-state index contributed by atoms with van der Waals surface area (Å²) in [6, 6.07) is 7.13. The van der Waals surface area contributed by atoms with Crippen LogP contribution in [0.2, 0.25) is 0 Å². The summed E-state index contributed by atoms with van der Waals surface area (Å²) in [7, 11) is 0. The molecule has 0 aliphatic heterocycles. The van der Waals surface area contributed by atoms with E-state index in [1.165, 1.54) is 5.56 Å². The van der Waals surface area contributed by atoms with Crippen molar-refractivity contribution in [2.75, 3.05) is 0 Å². The van der Waals surface area contributed by atoms with Gasteiger partial charge in [0.25, 0.3) is 0 Å². The van der Waals surface area contributed by atoms with Gasteiger partial charge in [-0.1, -0.05) is 18.2 Å². The van der Waals surface area contributed by atoms with Crippen molar-refractivity contribution in [3.8, 4) is 5.75 Å². The fourth-order valence-electron chi connectivity index (χ4n) is 0.799. The number of hydrogen-bond donors (Lipinski definition) is 1. The Kier molecular flexibility index (Phi) is 6.09. The van der Waals surface area contributed by atoms with Gasteiger partial charge in [-0.15, -0.1) is 6.58 Å². The number of phenolic OH excluding ortho intramolecular Hbond substituents is 1. The molecule has 1 rings (SSSR count). The first-order valence-electron chi connectivity index (χ1n) is 3.22. The summed E-state index contributed by atoms with van der Waals surface area (Å²) in [5, 5.41) is 8.90. The molecule has 0 fully saturated rings. The smallest absolute Gasteiger partial charge is 1.00 e. The van der Waals surface area contributed by atoms with Gasteiger partial charge in [-0.05, 0) is 24.1 Å². The molecular weight excluding hydrogens is 261 g/mol. The molecule has 0 spiro atoms. The Hall–Kier alpha value is 0.331. The molecule has 0 saturated carbocycles. The van der Waals surface area contributed by atoms with Crippen molar-refractivity contribution in [1.82, 2.24) is 0 Å².